The van der Waals surface area contributed by atoms with Gasteiger partial charge in [-0.3, -0.25) is 0 Å². The van der Waals surface area contributed by atoms with E-state index in [9.17, 15) is 0 Å². The fraction of sp³-hybridized carbons (Fsp3) is 0.357. The first kappa shape index (κ1) is 12.5. The van der Waals surface area contributed by atoms with Gasteiger partial charge in [0.2, 0.25) is 0 Å². The molecule has 0 bridgehead atoms. The Balaban J connectivity index is 1.75. The first-order chi connectivity index (χ1) is 9.85. The molecule has 0 aromatic carbocycles. The summed E-state index contributed by atoms with van der Waals surface area (Å²) in [6.07, 6.45) is 7.29. The van der Waals surface area contributed by atoms with Crippen molar-refractivity contribution in [3.63, 3.8) is 0 Å². The third-order valence-corrected chi connectivity index (χ3v) is 3.45. The van der Waals surface area contributed by atoms with Gasteiger partial charge in [-0.25, -0.2) is 9.97 Å². The number of nitrogens with zero attached hydrogens (tertiary/aromatic N) is 4. The van der Waals surface area contributed by atoms with Crippen molar-refractivity contribution in [2.45, 2.75) is 12.8 Å². The van der Waals surface area contributed by atoms with E-state index < -0.39 is 0 Å². The van der Waals surface area contributed by atoms with Crippen LogP contribution >= 0.6 is 0 Å². The number of hydrogen-bond acceptors (Lipinski definition) is 5. The van der Waals surface area contributed by atoms with Crippen LogP contribution in [-0.4, -0.2) is 28.0 Å². The van der Waals surface area contributed by atoms with Crippen LogP contribution in [0.1, 0.15) is 12.8 Å². The Bertz CT molecular complexity index is 600. The molecule has 0 spiro atoms. The van der Waals surface area contributed by atoms with Crippen molar-refractivity contribution in [2.75, 3.05) is 23.3 Å². The summed E-state index contributed by atoms with van der Waals surface area (Å²) in [7, 11) is 0. The molecule has 1 fully saturated rings. The van der Waals surface area contributed by atoms with Gasteiger partial charge in [0.05, 0.1) is 17.7 Å². The first-order valence-corrected chi connectivity index (χ1v) is 6.71. The number of nitriles is 1. The van der Waals surface area contributed by atoms with Crippen molar-refractivity contribution in [2.24, 2.45) is 5.92 Å². The Morgan fingerprint density at radius 2 is 2.40 bits per heavy atom. The van der Waals surface area contributed by atoms with Crippen molar-refractivity contribution in [1.29, 1.82) is 5.26 Å². The third-order valence-electron chi connectivity index (χ3n) is 3.45. The lowest BCUT2D eigenvalue weighted by molar-refractivity contribution is 0.490. The van der Waals surface area contributed by atoms with E-state index in [2.05, 4.69) is 31.2 Å². The van der Waals surface area contributed by atoms with Crippen LogP contribution in [0, 0.1) is 17.2 Å². The molecule has 1 unspecified atom stereocenters. The summed E-state index contributed by atoms with van der Waals surface area (Å²) in [5.74, 6) is 1.73. The molecule has 20 heavy (non-hydrogen) atoms. The zero-order chi connectivity index (χ0) is 13.8. The zero-order valence-electron chi connectivity index (χ0n) is 11.1. The Hall–Kier alpha value is -2.55. The molecule has 0 amide bonds. The van der Waals surface area contributed by atoms with Gasteiger partial charge >= 0.3 is 0 Å². The highest BCUT2D eigenvalue weighted by atomic mass is 15.2. The van der Waals surface area contributed by atoms with Gasteiger partial charge in [0.25, 0.3) is 0 Å². The van der Waals surface area contributed by atoms with E-state index in [1.807, 2.05) is 24.5 Å². The van der Waals surface area contributed by atoms with E-state index in [4.69, 9.17) is 5.26 Å². The van der Waals surface area contributed by atoms with Gasteiger partial charge in [0.1, 0.15) is 18.0 Å². The quantitative estimate of drug-likeness (QED) is 0.892. The van der Waals surface area contributed by atoms with E-state index in [1.165, 1.54) is 0 Å². The lowest BCUT2D eigenvalue weighted by Crippen LogP contribution is -2.35. The third kappa shape index (κ3) is 2.72. The molecule has 6 nitrogen and oxygen atoms in total. The highest BCUT2D eigenvalue weighted by molar-refractivity contribution is 5.58. The number of rotatable bonds is 3. The van der Waals surface area contributed by atoms with Gasteiger partial charge in [0.15, 0.2) is 0 Å². The molecule has 3 heterocycles. The standard InChI is InChI=1S/C14H16N6/c15-7-11-2-1-5-20(9-11)14-6-13(17-10-18-14)19-12-3-4-16-8-12/h3-4,6,8,10-11,16H,1-2,5,9H2,(H,17,18,19). The minimum atomic E-state index is 0.0970. The zero-order valence-corrected chi connectivity index (χ0v) is 11.1. The molecular formula is C14H16N6. The summed E-state index contributed by atoms with van der Waals surface area (Å²) < 4.78 is 0. The summed E-state index contributed by atoms with van der Waals surface area (Å²) >= 11 is 0. The fourth-order valence-corrected chi connectivity index (χ4v) is 2.43. The molecule has 1 saturated heterocycles. The van der Waals surface area contributed by atoms with Crippen molar-refractivity contribution in [3.05, 3.63) is 30.9 Å². The van der Waals surface area contributed by atoms with E-state index >= 15 is 0 Å². The highest BCUT2D eigenvalue weighted by Crippen LogP contribution is 2.23. The Morgan fingerprint density at radius 1 is 1.45 bits per heavy atom. The van der Waals surface area contributed by atoms with Crippen LogP contribution in [0.15, 0.2) is 30.9 Å². The van der Waals surface area contributed by atoms with Crippen molar-refractivity contribution in [3.8, 4) is 6.07 Å². The summed E-state index contributed by atoms with van der Waals surface area (Å²) in [5.41, 5.74) is 0.961. The minimum absolute atomic E-state index is 0.0970. The Kier molecular flexibility index (Phi) is 3.50. The lowest BCUT2D eigenvalue weighted by Gasteiger charge is -2.30. The molecule has 3 rings (SSSR count). The number of anilines is 3. The molecule has 6 heteroatoms. The molecule has 2 aromatic heterocycles. The van der Waals surface area contributed by atoms with Crippen LogP contribution in [0.4, 0.5) is 17.3 Å². The number of piperidine rings is 1. The second kappa shape index (κ2) is 5.61. The predicted molar refractivity (Wildman–Crippen MR) is 76.7 cm³/mol. The SMILES string of the molecule is N#CC1CCCN(c2cc(Nc3cc[nH]c3)ncn2)C1. The maximum Gasteiger partial charge on any atom is 0.135 e. The van der Waals surface area contributed by atoms with Gasteiger partial charge in [0, 0.05) is 31.5 Å². The maximum absolute atomic E-state index is 9.06. The van der Waals surface area contributed by atoms with Gasteiger partial charge in [-0.2, -0.15) is 5.26 Å². The van der Waals surface area contributed by atoms with Crippen molar-refractivity contribution in [1.82, 2.24) is 15.0 Å². The van der Waals surface area contributed by atoms with Crippen LogP contribution in [-0.2, 0) is 0 Å². The molecule has 0 aliphatic carbocycles. The van der Waals surface area contributed by atoms with Gasteiger partial charge < -0.3 is 15.2 Å². The van der Waals surface area contributed by atoms with E-state index in [0.717, 1.165) is 43.3 Å². The van der Waals surface area contributed by atoms with Crippen LogP contribution in [0.25, 0.3) is 0 Å². The molecule has 0 saturated carbocycles. The number of aromatic nitrogens is 3. The Morgan fingerprint density at radius 3 is 3.20 bits per heavy atom. The summed E-state index contributed by atoms with van der Waals surface area (Å²) in [4.78, 5) is 13.7. The van der Waals surface area contributed by atoms with E-state index in [1.54, 1.807) is 6.33 Å². The molecule has 1 aliphatic heterocycles. The summed E-state index contributed by atoms with van der Waals surface area (Å²) in [6, 6.07) is 6.21. The topological polar surface area (TPSA) is 80.6 Å². The summed E-state index contributed by atoms with van der Waals surface area (Å²) in [5, 5.41) is 12.3. The predicted octanol–water partition coefficient (Wildman–Crippen LogP) is 2.29. The molecule has 0 radical (unpaired) electrons. The van der Waals surface area contributed by atoms with E-state index in [0.29, 0.717) is 0 Å². The van der Waals surface area contributed by atoms with Crippen molar-refractivity contribution >= 4 is 17.3 Å². The normalized spacial score (nSPS) is 18.6. The second-order valence-electron chi connectivity index (χ2n) is 4.90. The smallest absolute Gasteiger partial charge is 0.135 e. The lowest BCUT2D eigenvalue weighted by atomic mass is 10.00. The largest absolute Gasteiger partial charge is 0.366 e. The van der Waals surface area contributed by atoms with Gasteiger partial charge in [-0.1, -0.05) is 0 Å². The number of H-pyrrole nitrogens is 1. The Labute approximate surface area is 117 Å². The number of nitrogens with one attached hydrogen (secondary N) is 2. The van der Waals surface area contributed by atoms with Crippen LogP contribution in [0.5, 0.6) is 0 Å². The van der Waals surface area contributed by atoms with Gasteiger partial charge in [-0.15, -0.1) is 0 Å². The monoisotopic (exact) mass is 268 g/mol. The van der Waals surface area contributed by atoms with Crippen molar-refractivity contribution < 1.29 is 0 Å². The van der Waals surface area contributed by atoms with Gasteiger partial charge in [-0.05, 0) is 18.9 Å². The van der Waals surface area contributed by atoms with Crippen LogP contribution in [0.2, 0.25) is 0 Å². The molecular weight excluding hydrogens is 252 g/mol. The van der Waals surface area contributed by atoms with Crippen LogP contribution in [0.3, 0.4) is 0 Å². The molecule has 2 aromatic rings. The fourth-order valence-electron chi connectivity index (χ4n) is 2.43. The summed E-state index contributed by atoms with van der Waals surface area (Å²) in [6.45, 7) is 1.69. The minimum Gasteiger partial charge on any atom is -0.366 e. The molecule has 1 aliphatic rings. The number of aromatic amines is 1. The maximum atomic E-state index is 9.06. The average Bonchev–Trinajstić information content (AvgIpc) is 3.00. The first-order valence-electron chi connectivity index (χ1n) is 6.71. The average molecular weight is 268 g/mol. The molecule has 1 atom stereocenters. The molecule has 2 N–H and O–H groups in total. The molecule has 102 valence electrons. The highest BCUT2D eigenvalue weighted by Gasteiger charge is 2.20. The second-order valence-corrected chi connectivity index (χ2v) is 4.90. The van der Waals surface area contributed by atoms with Crippen LogP contribution < -0.4 is 10.2 Å². The number of hydrogen-bond donors (Lipinski definition) is 2. The van der Waals surface area contributed by atoms with E-state index in [-0.39, 0.29) is 5.92 Å².